The first kappa shape index (κ1) is 18.9. The van der Waals surface area contributed by atoms with Crippen molar-refractivity contribution in [3.05, 3.63) is 65.0 Å². The molecule has 5 heteroatoms. The number of benzene rings is 2. The van der Waals surface area contributed by atoms with Crippen LogP contribution >= 0.6 is 0 Å². The van der Waals surface area contributed by atoms with E-state index in [0.29, 0.717) is 13.1 Å². The molecule has 25 heavy (non-hydrogen) atoms. The van der Waals surface area contributed by atoms with Crippen LogP contribution in [0.3, 0.4) is 0 Å². The molecule has 0 saturated carbocycles. The van der Waals surface area contributed by atoms with Gasteiger partial charge in [-0.05, 0) is 44.2 Å². The minimum Gasteiger partial charge on any atom is -0.494 e. The van der Waals surface area contributed by atoms with Crippen LogP contribution in [0.5, 0.6) is 5.75 Å². The number of methoxy groups -OCH3 is 1. The predicted octanol–water partition coefficient (Wildman–Crippen LogP) is 3.28. The quantitative estimate of drug-likeness (QED) is 0.838. The molecule has 1 unspecified atom stereocenters. The summed E-state index contributed by atoms with van der Waals surface area (Å²) in [5, 5.41) is 2.94. The molecule has 2 aromatic rings. The van der Waals surface area contributed by atoms with E-state index in [4.69, 9.17) is 4.74 Å². The first-order valence-electron chi connectivity index (χ1n) is 8.26. The van der Waals surface area contributed by atoms with Gasteiger partial charge in [-0.2, -0.15) is 0 Å². The van der Waals surface area contributed by atoms with Gasteiger partial charge in [0.25, 0.3) is 0 Å². The highest BCUT2D eigenvalue weighted by Crippen LogP contribution is 2.19. The number of likely N-dealkylation sites (N-methyl/N-ethyl adjacent to an activating group) is 1. The molecule has 4 nitrogen and oxygen atoms in total. The van der Waals surface area contributed by atoms with E-state index in [0.717, 1.165) is 11.1 Å². The van der Waals surface area contributed by atoms with E-state index in [9.17, 15) is 9.18 Å². The lowest BCUT2D eigenvalue weighted by Gasteiger charge is -2.24. The molecule has 0 saturated heterocycles. The normalized spacial score (nSPS) is 12.1. The standard InChI is InChI=1S/C20H25FN2O2/c1-14-5-7-16(8-6-14)12-22-20(24)15(2)23(3)13-17-9-10-19(25-4)18(21)11-17/h5-11,15H,12-13H2,1-4H3,(H,22,24). The van der Waals surface area contributed by atoms with Crippen molar-refractivity contribution in [2.24, 2.45) is 0 Å². The monoisotopic (exact) mass is 344 g/mol. The van der Waals surface area contributed by atoms with Gasteiger partial charge in [-0.25, -0.2) is 4.39 Å². The fourth-order valence-corrected chi connectivity index (χ4v) is 2.48. The van der Waals surface area contributed by atoms with Gasteiger partial charge in [-0.15, -0.1) is 0 Å². The molecule has 0 bridgehead atoms. The van der Waals surface area contributed by atoms with Crippen LogP contribution in [0, 0.1) is 12.7 Å². The average molecular weight is 344 g/mol. The summed E-state index contributed by atoms with van der Waals surface area (Å²) in [5.74, 6) is -0.239. The summed E-state index contributed by atoms with van der Waals surface area (Å²) >= 11 is 0. The second-order valence-electron chi connectivity index (χ2n) is 6.26. The molecule has 0 aromatic heterocycles. The first-order valence-corrected chi connectivity index (χ1v) is 8.26. The zero-order valence-electron chi connectivity index (χ0n) is 15.2. The Morgan fingerprint density at radius 3 is 2.44 bits per heavy atom. The number of carbonyl (C=O) groups excluding carboxylic acids is 1. The van der Waals surface area contributed by atoms with Crippen molar-refractivity contribution in [2.45, 2.75) is 33.0 Å². The molecule has 0 aliphatic heterocycles. The molecule has 1 amide bonds. The van der Waals surface area contributed by atoms with Crippen LogP contribution in [0.25, 0.3) is 0 Å². The molecule has 2 aromatic carbocycles. The van der Waals surface area contributed by atoms with Crippen molar-refractivity contribution in [3.63, 3.8) is 0 Å². The Bertz CT molecular complexity index is 716. The fraction of sp³-hybridized carbons (Fsp3) is 0.350. The number of halogens is 1. The van der Waals surface area contributed by atoms with Crippen molar-refractivity contribution in [1.82, 2.24) is 10.2 Å². The Balaban J connectivity index is 1.89. The lowest BCUT2D eigenvalue weighted by Crippen LogP contribution is -2.42. The van der Waals surface area contributed by atoms with E-state index in [-0.39, 0.29) is 17.7 Å². The lowest BCUT2D eigenvalue weighted by atomic mass is 10.1. The van der Waals surface area contributed by atoms with Gasteiger partial charge < -0.3 is 10.1 Å². The third-order valence-electron chi connectivity index (χ3n) is 4.28. The van der Waals surface area contributed by atoms with E-state index >= 15 is 0 Å². The van der Waals surface area contributed by atoms with Crippen LogP contribution in [0.1, 0.15) is 23.6 Å². The minimum absolute atomic E-state index is 0.0583. The van der Waals surface area contributed by atoms with E-state index in [1.54, 1.807) is 12.1 Å². The Morgan fingerprint density at radius 1 is 1.20 bits per heavy atom. The van der Waals surface area contributed by atoms with E-state index in [2.05, 4.69) is 5.32 Å². The van der Waals surface area contributed by atoms with Crippen molar-refractivity contribution >= 4 is 5.91 Å². The fourth-order valence-electron chi connectivity index (χ4n) is 2.48. The minimum atomic E-state index is -0.398. The molecule has 0 radical (unpaired) electrons. The van der Waals surface area contributed by atoms with Gasteiger partial charge in [-0.3, -0.25) is 9.69 Å². The van der Waals surface area contributed by atoms with Crippen molar-refractivity contribution in [1.29, 1.82) is 0 Å². The molecular formula is C20H25FN2O2. The number of hydrogen-bond acceptors (Lipinski definition) is 3. The highest BCUT2D eigenvalue weighted by Gasteiger charge is 2.18. The van der Waals surface area contributed by atoms with Crippen molar-refractivity contribution in [3.8, 4) is 5.75 Å². The SMILES string of the molecule is COc1ccc(CN(C)C(C)C(=O)NCc2ccc(C)cc2)cc1F. The van der Waals surface area contributed by atoms with Crippen molar-refractivity contribution < 1.29 is 13.9 Å². The lowest BCUT2D eigenvalue weighted by molar-refractivity contribution is -0.125. The van der Waals surface area contributed by atoms with Crippen LogP contribution in [0.15, 0.2) is 42.5 Å². The highest BCUT2D eigenvalue weighted by atomic mass is 19.1. The van der Waals surface area contributed by atoms with Crippen LogP contribution in [0.2, 0.25) is 0 Å². The number of nitrogens with one attached hydrogen (secondary N) is 1. The smallest absolute Gasteiger partial charge is 0.237 e. The van der Waals surface area contributed by atoms with Gasteiger partial charge in [-0.1, -0.05) is 35.9 Å². The van der Waals surface area contributed by atoms with Gasteiger partial charge in [0.05, 0.1) is 13.2 Å². The molecule has 2 rings (SSSR count). The van der Waals surface area contributed by atoms with Crippen LogP contribution in [-0.2, 0) is 17.9 Å². The Kier molecular flexibility index (Phi) is 6.53. The maximum absolute atomic E-state index is 13.8. The molecular weight excluding hydrogens is 319 g/mol. The summed E-state index contributed by atoms with van der Waals surface area (Å²) in [6.45, 7) is 4.83. The summed E-state index contributed by atoms with van der Waals surface area (Å²) < 4.78 is 18.7. The first-order chi connectivity index (χ1) is 11.9. The van der Waals surface area contributed by atoms with Crippen molar-refractivity contribution in [2.75, 3.05) is 14.2 Å². The topological polar surface area (TPSA) is 41.6 Å². The number of rotatable bonds is 7. The summed E-state index contributed by atoms with van der Waals surface area (Å²) in [5.41, 5.74) is 3.04. The zero-order valence-corrected chi connectivity index (χ0v) is 15.2. The van der Waals surface area contributed by atoms with Crippen LogP contribution in [0.4, 0.5) is 4.39 Å². The van der Waals surface area contributed by atoms with Gasteiger partial charge in [0.2, 0.25) is 5.91 Å². The van der Waals surface area contributed by atoms with Gasteiger partial charge >= 0.3 is 0 Å². The third-order valence-corrected chi connectivity index (χ3v) is 4.28. The molecule has 0 aliphatic carbocycles. The molecule has 0 aliphatic rings. The number of ether oxygens (including phenoxy) is 1. The average Bonchev–Trinajstić information content (AvgIpc) is 2.60. The molecule has 1 atom stereocenters. The molecule has 1 N–H and O–H groups in total. The predicted molar refractivity (Wildman–Crippen MR) is 96.9 cm³/mol. The molecule has 0 heterocycles. The Hall–Kier alpha value is -2.40. The molecule has 0 spiro atoms. The van der Waals surface area contributed by atoms with E-state index in [1.807, 2.05) is 50.1 Å². The highest BCUT2D eigenvalue weighted by molar-refractivity contribution is 5.81. The van der Waals surface area contributed by atoms with Gasteiger partial charge in [0.15, 0.2) is 11.6 Å². The molecule has 0 fully saturated rings. The third kappa shape index (κ3) is 5.29. The largest absolute Gasteiger partial charge is 0.494 e. The van der Waals surface area contributed by atoms with Crippen LogP contribution < -0.4 is 10.1 Å². The maximum Gasteiger partial charge on any atom is 0.237 e. The Labute approximate surface area is 148 Å². The van der Waals surface area contributed by atoms with Gasteiger partial charge in [0.1, 0.15) is 0 Å². The molecule has 134 valence electrons. The zero-order chi connectivity index (χ0) is 18.4. The summed E-state index contributed by atoms with van der Waals surface area (Å²) in [6.07, 6.45) is 0. The van der Waals surface area contributed by atoms with Gasteiger partial charge in [0, 0.05) is 13.1 Å². The summed E-state index contributed by atoms with van der Waals surface area (Å²) in [4.78, 5) is 14.2. The number of amides is 1. The number of aryl methyl sites for hydroxylation is 1. The maximum atomic E-state index is 13.8. The number of carbonyl (C=O) groups is 1. The summed E-state index contributed by atoms with van der Waals surface area (Å²) in [6, 6.07) is 12.6. The summed E-state index contributed by atoms with van der Waals surface area (Å²) in [7, 11) is 3.28. The second-order valence-corrected chi connectivity index (χ2v) is 6.26. The number of nitrogens with zero attached hydrogens (tertiary/aromatic N) is 1. The second kappa shape index (κ2) is 8.62. The van der Waals surface area contributed by atoms with Crippen LogP contribution in [-0.4, -0.2) is 31.0 Å². The Morgan fingerprint density at radius 2 is 1.84 bits per heavy atom. The van der Waals surface area contributed by atoms with E-state index < -0.39 is 5.82 Å². The van der Waals surface area contributed by atoms with E-state index in [1.165, 1.54) is 18.7 Å². The number of hydrogen-bond donors (Lipinski definition) is 1.